The molecule has 0 radical (unpaired) electrons. The van der Waals surface area contributed by atoms with Crippen LogP contribution in [0, 0.1) is 0 Å². The van der Waals surface area contributed by atoms with Crippen LogP contribution in [0.2, 0.25) is 0 Å². The Morgan fingerprint density at radius 2 is 2.05 bits per heavy atom. The zero-order valence-corrected chi connectivity index (χ0v) is 12.1. The van der Waals surface area contributed by atoms with Gasteiger partial charge in [-0.25, -0.2) is 9.35 Å². The Hall–Kier alpha value is -0.950. The predicted octanol–water partition coefficient (Wildman–Crippen LogP) is 2.35. The molecule has 0 bridgehead atoms. The Kier molecular flexibility index (Phi) is 4.07. The number of fused-ring (bicyclic) bond motifs is 1. The summed E-state index contributed by atoms with van der Waals surface area (Å²) in [6, 6.07) is 7.76. The summed E-state index contributed by atoms with van der Waals surface area (Å²) in [6.45, 7) is 0.172. The quantitative estimate of drug-likeness (QED) is 0.929. The standard InChI is InChI=1S/C14H19NO4S/c15-20(16)17-10-13-11-6-2-3-7-12(11)18-14(19-13)8-4-1-5-9-14/h2-3,6-7,13H,1,4-5,8-10,15H2. The van der Waals surface area contributed by atoms with Crippen LogP contribution in [-0.2, 0) is 20.2 Å². The summed E-state index contributed by atoms with van der Waals surface area (Å²) >= 11 is -1.78. The molecule has 1 aromatic carbocycles. The van der Waals surface area contributed by atoms with E-state index in [9.17, 15) is 4.21 Å². The number of benzene rings is 1. The first-order chi connectivity index (χ1) is 9.69. The molecule has 2 atom stereocenters. The van der Waals surface area contributed by atoms with Crippen LogP contribution in [0.3, 0.4) is 0 Å². The van der Waals surface area contributed by atoms with Crippen molar-refractivity contribution >= 4 is 11.3 Å². The van der Waals surface area contributed by atoms with Gasteiger partial charge < -0.3 is 9.47 Å². The molecule has 2 N–H and O–H groups in total. The van der Waals surface area contributed by atoms with Crippen molar-refractivity contribution in [2.24, 2.45) is 5.14 Å². The van der Waals surface area contributed by atoms with Gasteiger partial charge in [0.25, 0.3) is 0 Å². The van der Waals surface area contributed by atoms with Gasteiger partial charge in [-0.1, -0.05) is 24.6 Å². The maximum absolute atomic E-state index is 10.9. The fraction of sp³-hybridized carbons (Fsp3) is 0.571. The second-order valence-electron chi connectivity index (χ2n) is 5.26. The third-order valence-electron chi connectivity index (χ3n) is 3.87. The van der Waals surface area contributed by atoms with Crippen molar-refractivity contribution < 1.29 is 17.9 Å². The van der Waals surface area contributed by atoms with Crippen LogP contribution in [0.25, 0.3) is 0 Å². The third kappa shape index (κ3) is 2.88. The lowest BCUT2D eigenvalue weighted by atomic mass is 9.92. The number of nitrogens with two attached hydrogens (primary N) is 1. The Balaban J connectivity index is 1.85. The van der Waals surface area contributed by atoms with E-state index in [-0.39, 0.29) is 12.7 Å². The summed E-state index contributed by atoms with van der Waals surface area (Å²) in [5, 5.41) is 5.16. The summed E-state index contributed by atoms with van der Waals surface area (Å²) in [7, 11) is 0. The summed E-state index contributed by atoms with van der Waals surface area (Å²) in [6.07, 6.45) is 4.87. The minimum Gasteiger partial charge on any atom is -0.462 e. The molecule has 2 aliphatic rings. The normalized spacial score (nSPS) is 25.8. The van der Waals surface area contributed by atoms with Gasteiger partial charge in [-0.2, -0.15) is 0 Å². The second kappa shape index (κ2) is 5.81. The van der Waals surface area contributed by atoms with Gasteiger partial charge in [0.05, 0.1) is 6.61 Å². The fourth-order valence-electron chi connectivity index (χ4n) is 2.95. The van der Waals surface area contributed by atoms with E-state index < -0.39 is 17.1 Å². The average Bonchev–Trinajstić information content (AvgIpc) is 2.45. The van der Waals surface area contributed by atoms with Gasteiger partial charge in [0, 0.05) is 18.4 Å². The van der Waals surface area contributed by atoms with Crippen LogP contribution < -0.4 is 9.88 Å². The van der Waals surface area contributed by atoms with Crippen molar-refractivity contribution in [3.63, 3.8) is 0 Å². The highest BCUT2D eigenvalue weighted by atomic mass is 32.2. The van der Waals surface area contributed by atoms with Gasteiger partial charge in [-0.3, -0.25) is 4.18 Å². The minimum absolute atomic E-state index is 0.172. The summed E-state index contributed by atoms with van der Waals surface area (Å²) < 4.78 is 28.3. The van der Waals surface area contributed by atoms with Crippen LogP contribution in [0.1, 0.15) is 43.8 Å². The molecule has 5 nitrogen and oxygen atoms in total. The number of para-hydroxylation sites is 1. The molecule has 1 aromatic rings. The van der Waals surface area contributed by atoms with Crippen LogP contribution in [0.4, 0.5) is 0 Å². The Labute approximate surface area is 121 Å². The van der Waals surface area contributed by atoms with E-state index >= 15 is 0 Å². The van der Waals surface area contributed by atoms with Crippen molar-refractivity contribution in [3.05, 3.63) is 29.8 Å². The number of hydrogen-bond donors (Lipinski definition) is 1. The molecule has 2 unspecified atom stereocenters. The number of hydrogen-bond acceptors (Lipinski definition) is 4. The topological polar surface area (TPSA) is 70.8 Å². The van der Waals surface area contributed by atoms with E-state index in [1.54, 1.807) is 0 Å². The Bertz CT molecular complexity index is 502. The Morgan fingerprint density at radius 1 is 1.30 bits per heavy atom. The maximum atomic E-state index is 10.9. The molecule has 1 saturated carbocycles. The number of ether oxygens (including phenoxy) is 2. The molecular weight excluding hydrogens is 278 g/mol. The smallest absolute Gasteiger partial charge is 0.231 e. The van der Waals surface area contributed by atoms with Gasteiger partial charge >= 0.3 is 0 Å². The van der Waals surface area contributed by atoms with E-state index in [0.717, 1.165) is 37.0 Å². The highest BCUT2D eigenvalue weighted by Gasteiger charge is 2.42. The largest absolute Gasteiger partial charge is 0.462 e. The molecule has 6 heteroatoms. The van der Waals surface area contributed by atoms with Crippen LogP contribution in [-0.4, -0.2) is 16.6 Å². The number of rotatable bonds is 3. The molecule has 0 aromatic heterocycles. The van der Waals surface area contributed by atoms with E-state index in [2.05, 4.69) is 0 Å². The van der Waals surface area contributed by atoms with Crippen LogP contribution >= 0.6 is 0 Å². The van der Waals surface area contributed by atoms with Gasteiger partial charge in [-0.05, 0) is 18.9 Å². The first kappa shape index (κ1) is 14.0. The van der Waals surface area contributed by atoms with Crippen molar-refractivity contribution in [2.75, 3.05) is 6.61 Å². The molecule has 1 aliphatic heterocycles. The molecule has 0 amide bonds. The molecule has 20 heavy (non-hydrogen) atoms. The van der Waals surface area contributed by atoms with E-state index in [1.807, 2.05) is 24.3 Å². The molecule has 1 fully saturated rings. The maximum Gasteiger partial charge on any atom is 0.231 e. The monoisotopic (exact) mass is 297 g/mol. The lowest BCUT2D eigenvalue weighted by Gasteiger charge is -2.44. The molecule has 1 aliphatic carbocycles. The van der Waals surface area contributed by atoms with Gasteiger partial charge in [0.2, 0.25) is 17.1 Å². The zero-order valence-electron chi connectivity index (χ0n) is 11.2. The SMILES string of the molecule is NS(=O)OCC1OC2(CCCCC2)Oc2ccccc21. The third-order valence-corrected chi connectivity index (χ3v) is 4.24. The minimum atomic E-state index is -1.78. The Morgan fingerprint density at radius 3 is 2.80 bits per heavy atom. The van der Waals surface area contributed by atoms with Crippen molar-refractivity contribution in [3.8, 4) is 5.75 Å². The van der Waals surface area contributed by atoms with E-state index in [0.29, 0.717) is 0 Å². The highest BCUT2D eigenvalue weighted by Crippen LogP contribution is 2.44. The molecule has 3 rings (SSSR count). The first-order valence-corrected chi connectivity index (χ1v) is 8.08. The summed E-state index contributed by atoms with van der Waals surface area (Å²) in [5.41, 5.74) is 0.925. The predicted molar refractivity (Wildman–Crippen MR) is 75.0 cm³/mol. The lowest BCUT2D eigenvalue weighted by Crippen LogP contribution is -2.46. The van der Waals surface area contributed by atoms with Gasteiger partial charge in [0.1, 0.15) is 11.9 Å². The molecule has 110 valence electrons. The zero-order chi connectivity index (χ0) is 14.0. The average molecular weight is 297 g/mol. The summed E-state index contributed by atoms with van der Waals surface area (Å²) in [5.74, 6) is 0.272. The summed E-state index contributed by atoms with van der Waals surface area (Å²) in [4.78, 5) is 0. The molecule has 1 heterocycles. The molecule has 0 saturated heterocycles. The molecular formula is C14H19NO4S. The van der Waals surface area contributed by atoms with Crippen LogP contribution in [0.5, 0.6) is 5.75 Å². The highest BCUT2D eigenvalue weighted by molar-refractivity contribution is 7.77. The lowest BCUT2D eigenvalue weighted by molar-refractivity contribution is -0.249. The second-order valence-corrected chi connectivity index (χ2v) is 6.02. The van der Waals surface area contributed by atoms with E-state index in [4.69, 9.17) is 18.8 Å². The van der Waals surface area contributed by atoms with Crippen molar-refractivity contribution in [2.45, 2.75) is 44.0 Å². The first-order valence-electron chi connectivity index (χ1n) is 6.94. The van der Waals surface area contributed by atoms with Crippen molar-refractivity contribution in [1.82, 2.24) is 0 Å². The van der Waals surface area contributed by atoms with Crippen molar-refractivity contribution in [1.29, 1.82) is 0 Å². The molecule has 1 spiro atoms. The van der Waals surface area contributed by atoms with E-state index in [1.165, 1.54) is 6.42 Å². The van der Waals surface area contributed by atoms with Crippen LogP contribution in [0.15, 0.2) is 24.3 Å². The van der Waals surface area contributed by atoms with Gasteiger partial charge in [0.15, 0.2) is 0 Å². The van der Waals surface area contributed by atoms with Gasteiger partial charge in [-0.15, -0.1) is 0 Å². The fourth-order valence-corrected chi connectivity index (χ4v) is 3.21.